The number of nitrogens with one attached hydrogen (secondary N) is 1. The van der Waals surface area contributed by atoms with Crippen molar-refractivity contribution in [3.8, 4) is 0 Å². The Labute approximate surface area is 121 Å². The predicted molar refractivity (Wildman–Crippen MR) is 77.3 cm³/mol. The first kappa shape index (κ1) is 14.2. The van der Waals surface area contributed by atoms with Crippen LogP contribution in [-0.2, 0) is 13.1 Å². The van der Waals surface area contributed by atoms with Crippen molar-refractivity contribution in [2.75, 3.05) is 6.54 Å². The molecule has 1 N–H and O–H groups in total. The van der Waals surface area contributed by atoms with Gasteiger partial charge in [0.25, 0.3) is 0 Å². The highest BCUT2D eigenvalue weighted by Crippen LogP contribution is 2.17. The highest BCUT2D eigenvalue weighted by Gasteiger charge is 2.00. The SMILES string of the molecule is Fc1ccc(CNCCCCn2ccnc2)c(Br)c1. The number of benzene rings is 1. The van der Waals surface area contributed by atoms with Crippen LogP contribution in [0.5, 0.6) is 0 Å². The van der Waals surface area contributed by atoms with Crippen molar-refractivity contribution in [3.05, 3.63) is 52.8 Å². The van der Waals surface area contributed by atoms with Gasteiger partial charge in [0.2, 0.25) is 0 Å². The molecule has 1 aromatic carbocycles. The lowest BCUT2D eigenvalue weighted by atomic mass is 10.2. The van der Waals surface area contributed by atoms with Crippen LogP contribution < -0.4 is 5.32 Å². The quantitative estimate of drug-likeness (QED) is 0.791. The average molecular weight is 326 g/mol. The summed E-state index contributed by atoms with van der Waals surface area (Å²) in [5.74, 6) is -0.212. The molecule has 0 spiro atoms. The maximum atomic E-state index is 12.9. The molecule has 5 heteroatoms. The summed E-state index contributed by atoms with van der Waals surface area (Å²) in [6.45, 7) is 2.71. The monoisotopic (exact) mass is 325 g/mol. The third-order valence-electron chi connectivity index (χ3n) is 2.91. The van der Waals surface area contributed by atoms with Crippen LogP contribution in [0.1, 0.15) is 18.4 Å². The highest BCUT2D eigenvalue weighted by molar-refractivity contribution is 9.10. The first-order valence-corrected chi connectivity index (χ1v) is 7.15. The van der Waals surface area contributed by atoms with Gasteiger partial charge in [0.05, 0.1) is 6.33 Å². The molecular weight excluding hydrogens is 309 g/mol. The third kappa shape index (κ3) is 4.76. The van der Waals surface area contributed by atoms with E-state index in [2.05, 4.69) is 30.8 Å². The predicted octanol–water partition coefficient (Wildman–Crippen LogP) is 3.35. The minimum Gasteiger partial charge on any atom is -0.337 e. The number of aromatic nitrogens is 2. The molecule has 102 valence electrons. The van der Waals surface area contributed by atoms with Gasteiger partial charge in [-0.1, -0.05) is 22.0 Å². The van der Waals surface area contributed by atoms with Crippen molar-refractivity contribution in [2.24, 2.45) is 0 Å². The Morgan fingerprint density at radius 3 is 2.95 bits per heavy atom. The molecule has 19 heavy (non-hydrogen) atoms. The number of halogens is 2. The summed E-state index contributed by atoms with van der Waals surface area (Å²) in [5.41, 5.74) is 1.08. The summed E-state index contributed by atoms with van der Waals surface area (Å²) in [6, 6.07) is 4.79. The number of unbranched alkanes of at least 4 members (excludes halogenated alkanes) is 1. The Kier molecular flexibility index (Phi) is 5.54. The molecule has 0 bridgehead atoms. The van der Waals surface area contributed by atoms with Crippen molar-refractivity contribution in [1.29, 1.82) is 0 Å². The van der Waals surface area contributed by atoms with E-state index in [1.54, 1.807) is 12.3 Å². The minimum absolute atomic E-state index is 0.212. The summed E-state index contributed by atoms with van der Waals surface area (Å²) >= 11 is 3.37. The first-order valence-electron chi connectivity index (χ1n) is 6.36. The Morgan fingerprint density at radius 1 is 1.32 bits per heavy atom. The fourth-order valence-corrected chi connectivity index (χ4v) is 2.34. The fourth-order valence-electron chi connectivity index (χ4n) is 1.85. The summed E-state index contributed by atoms with van der Waals surface area (Å²) < 4.78 is 15.8. The highest BCUT2D eigenvalue weighted by atomic mass is 79.9. The van der Waals surface area contributed by atoms with Crippen LogP contribution in [0.2, 0.25) is 0 Å². The van der Waals surface area contributed by atoms with Crippen LogP contribution in [-0.4, -0.2) is 16.1 Å². The van der Waals surface area contributed by atoms with Gasteiger partial charge in [0.1, 0.15) is 5.82 Å². The molecule has 0 radical (unpaired) electrons. The lowest BCUT2D eigenvalue weighted by Crippen LogP contribution is -2.15. The lowest BCUT2D eigenvalue weighted by molar-refractivity contribution is 0.567. The molecule has 0 saturated carbocycles. The molecule has 2 rings (SSSR count). The van der Waals surface area contributed by atoms with E-state index < -0.39 is 0 Å². The molecule has 0 aliphatic heterocycles. The van der Waals surface area contributed by atoms with E-state index in [-0.39, 0.29) is 5.82 Å². The zero-order valence-corrected chi connectivity index (χ0v) is 12.2. The molecular formula is C14H17BrFN3. The Bertz CT molecular complexity index is 499. The van der Waals surface area contributed by atoms with Crippen molar-refractivity contribution in [3.63, 3.8) is 0 Å². The topological polar surface area (TPSA) is 29.9 Å². The number of hydrogen-bond acceptors (Lipinski definition) is 2. The second-order valence-electron chi connectivity index (χ2n) is 4.42. The largest absolute Gasteiger partial charge is 0.337 e. The molecule has 0 amide bonds. The normalized spacial score (nSPS) is 10.8. The molecule has 1 heterocycles. The number of hydrogen-bond donors (Lipinski definition) is 1. The number of imidazole rings is 1. The third-order valence-corrected chi connectivity index (χ3v) is 3.65. The van der Waals surface area contributed by atoms with E-state index in [1.807, 2.05) is 12.5 Å². The maximum Gasteiger partial charge on any atom is 0.124 e. The maximum absolute atomic E-state index is 12.9. The summed E-state index contributed by atoms with van der Waals surface area (Å²) in [7, 11) is 0. The van der Waals surface area contributed by atoms with E-state index in [9.17, 15) is 4.39 Å². The van der Waals surface area contributed by atoms with Gasteiger partial charge in [-0.2, -0.15) is 0 Å². The standard InChI is InChI=1S/C14H17BrFN3/c15-14-9-13(16)4-3-12(14)10-17-5-1-2-7-19-8-6-18-11-19/h3-4,6,8-9,11,17H,1-2,5,7,10H2. The molecule has 0 fully saturated rings. The van der Waals surface area contributed by atoms with Crippen LogP contribution in [0.15, 0.2) is 41.4 Å². The summed E-state index contributed by atoms with van der Waals surface area (Å²) in [5, 5.41) is 3.36. The van der Waals surface area contributed by atoms with Crippen LogP contribution in [0.25, 0.3) is 0 Å². The van der Waals surface area contributed by atoms with Gasteiger partial charge >= 0.3 is 0 Å². The number of nitrogens with zero attached hydrogens (tertiary/aromatic N) is 2. The van der Waals surface area contributed by atoms with E-state index in [1.165, 1.54) is 12.1 Å². The van der Waals surface area contributed by atoms with Gasteiger partial charge in [0, 0.05) is 30.0 Å². The zero-order chi connectivity index (χ0) is 13.5. The van der Waals surface area contributed by atoms with Crippen molar-refractivity contribution >= 4 is 15.9 Å². The van der Waals surface area contributed by atoms with Gasteiger partial charge in [0.15, 0.2) is 0 Å². The summed E-state index contributed by atoms with van der Waals surface area (Å²) in [4.78, 5) is 4.01. The molecule has 0 unspecified atom stereocenters. The zero-order valence-electron chi connectivity index (χ0n) is 10.6. The van der Waals surface area contributed by atoms with E-state index in [0.717, 1.165) is 42.5 Å². The van der Waals surface area contributed by atoms with Crippen LogP contribution in [0, 0.1) is 5.82 Å². The molecule has 0 aliphatic rings. The van der Waals surface area contributed by atoms with E-state index >= 15 is 0 Å². The fraction of sp³-hybridized carbons (Fsp3) is 0.357. The minimum atomic E-state index is -0.212. The second-order valence-corrected chi connectivity index (χ2v) is 5.27. The molecule has 1 aromatic heterocycles. The molecule has 2 aromatic rings. The number of rotatable bonds is 7. The second kappa shape index (κ2) is 7.40. The Hall–Kier alpha value is -1.20. The van der Waals surface area contributed by atoms with Gasteiger partial charge in [-0.15, -0.1) is 0 Å². The lowest BCUT2D eigenvalue weighted by Gasteiger charge is -2.07. The summed E-state index contributed by atoms with van der Waals surface area (Å²) in [6.07, 6.45) is 7.83. The van der Waals surface area contributed by atoms with Crippen molar-refractivity contribution in [1.82, 2.24) is 14.9 Å². The average Bonchev–Trinajstić information content (AvgIpc) is 2.89. The molecule has 0 atom stereocenters. The van der Waals surface area contributed by atoms with Crippen molar-refractivity contribution in [2.45, 2.75) is 25.9 Å². The smallest absolute Gasteiger partial charge is 0.124 e. The van der Waals surface area contributed by atoms with Crippen LogP contribution in [0.3, 0.4) is 0 Å². The molecule has 3 nitrogen and oxygen atoms in total. The van der Waals surface area contributed by atoms with Gasteiger partial charge in [-0.05, 0) is 37.1 Å². The molecule has 0 saturated heterocycles. The molecule has 0 aliphatic carbocycles. The van der Waals surface area contributed by atoms with Gasteiger partial charge in [-0.3, -0.25) is 0 Å². The van der Waals surface area contributed by atoms with Crippen LogP contribution in [0.4, 0.5) is 4.39 Å². The van der Waals surface area contributed by atoms with E-state index in [0.29, 0.717) is 0 Å². The first-order chi connectivity index (χ1) is 9.25. The van der Waals surface area contributed by atoms with Gasteiger partial charge < -0.3 is 9.88 Å². The van der Waals surface area contributed by atoms with Crippen LogP contribution >= 0.6 is 15.9 Å². The van der Waals surface area contributed by atoms with E-state index in [4.69, 9.17) is 0 Å². The van der Waals surface area contributed by atoms with Gasteiger partial charge in [-0.25, -0.2) is 9.37 Å². The van der Waals surface area contributed by atoms with Crippen molar-refractivity contribution < 1.29 is 4.39 Å². The Morgan fingerprint density at radius 2 is 2.21 bits per heavy atom. The number of aryl methyl sites for hydroxylation is 1. The Balaban J connectivity index is 1.61.